The van der Waals surface area contributed by atoms with Crippen LogP contribution in [0.1, 0.15) is 28.4 Å². The number of carbonyl (C=O) groups excluding carboxylic acids is 2. The second-order valence-corrected chi connectivity index (χ2v) is 5.44. The second-order valence-electron chi connectivity index (χ2n) is 5.44. The highest BCUT2D eigenvalue weighted by Crippen LogP contribution is 2.16. The number of carbonyl (C=O) groups is 2. The molecule has 0 spiro atoms. The van der Waals surface area contributed by atoms with Gasteiger partial charge >= 0.3 is 5.97 Å². The molecule has 4 heteroatoms. The van der Waals surface area contributed by atoms with Crippen LogP contribution in [0.4, 0.5) is 0 Å². The van der Waals surface area contributed by atoms with Crippen molar-refractivity contribution in [2.75, 3.05) is 7.11 Å². The predicted octanol–water partition coefficient (Wildman–Crippen LogP) is 3.43. The molecule has 0 fully saturated rings. The molecule has 2 aromatic rings. The van der Waals surface area contributed by atoms with Gasteiger partial charge in [0.15, 0.2) is 0 Å². The molecule has 23 heavy (non-hydrogen) atoms. The maximum absolute atomic E-state index is 11.4. The van der Waals surface area contributed by atoms with Crippen LogP contribution in [-0.4, -0.2) is 19.4 Å². The molecule has 0 amide bonds. The fourth-order valence-electron chi connectivity index (χ4n) is 2.16. The minimum atomic E-state index is -0.349. The lowest BCUT2D eigenvalue weighted by Crippen LogP contribution is -2.02. The van der Waals surface area contributed by atoms with Gasteiger partial charge in [0.25, 0.3) is 0 Å². The van der Waals surface area contributed by atoms with E-state index in [1.165, 1.54) is 7.11 Å². The number of hydrogen-bond donors (Lipinski definition) is 0. The predicted molar refractivity (Wildman–Crippen MR) is 87.5 cm³/mol. The van der Waals surface area contributed by atoms with Crippen molar-refractivity contribution in [1.29, 1.82) is 0 Å². The number of aldehydes is 1. The lowest BCUT2D eigenvalue weighted by molar-refractivity contribution is -0.110. The lowest BCUT2D eigenvalue weighted by atomic mass is 10.0. The summed E-state index contributed by atoms with van der Waals surface area (Å²) in [7, 11) is 1.36. The van der Waals surface area contributed by atoms with Gasteiger partial charge in [-0.2, -0.15) is 0 Å². The van der Waals surface area contributed by atoms with Crippen molar-refractivity contribution in [3.8, 4) is 5.75 Å². The Kier molecular flexibility index (Phi) is 5.92. The Labute approximate surface area is 136 Å². The Morgan fingerprint density at radius 1 is 1.04 bits per heavy atom. The molecule has 0 aliphatic rings. The zero-order valence-corrected chi connectivity index (χ0v) is 13.3. The van der Waals surface area contributed by atoms with Crippen LogP contribution in [0.5, 0.6) is 5.75 Å². The van der Waals surface area contributed by atoms with E-state index in [0.29, 0.717) is 12.2 Å². The van der Waals surface area contributed by atoms with E-state index in [1.54, 1.807) is 12.1 Å². The van der Waals surface area contributed by atoms with E-state index in [1.807, 2.05) is 43.3 Å². The second kappa shape index (κ2) is 8.13. The summed E-state index contributed by atoms with van der Waals surface area (Å²) in [5.74, 6) is 0.442. The van der Waals surface area contributed by atoms with E-state index in [0.717, 1.165) is 29.6 Å². The molecule has 0 saturated carbocycles. The largest absolute Gasteiger partial charge is 0.489 e. The highest BCUT2D eigenvalue weighted by Gasteiger charge is 2.05. The molecular formula is C19H20O4. The molecule has 2 rings (SSSR count). The van der Waals surface area contributed by atoms with Crippen molar-refractivity contribution in [2.45, 2.75) is 20.0 Å². The molecule has 0 heterocycles. The van der Waals surface area contributed by atoms with Crippen molar-refractivity contribution >= 4 is 12.3 Å². The molecule has 1 unspecified atom stereocenters. The monoisotopic (exact) mass is 312 g/mol. The van der Waals surface area contributed by atoms with Gasteiger partial charge in [0.2, 0.25) is 0 Å². The van der Waals surface area contributed by atoms with E-state index in [-0.39, 0.29) is 11.9 Å². The maximum atomic E-state index is 11.4. The van der Waals surface area contributed by atoms with Crippen LogP contribution in [0.25, 0.3) is 0 Å². The summed E-state index contributed by atoms with van der Waals surface area (Å²) in [6.45, 7) is 2.32. The lowest BCUT2D eigenvalue weighted by Gasteiger charge is -2.09. The third-order valence-electron chi connectivity index (χ3n) is 3.49. The van der Waals surface area contributed by atoms with Gasteiger partial charge in [0.05, 0.1) is 12.7 Å². The molecule has 120 valence electrons. The Morgan fingerprint density at radius 2 is 1.65 bits per heavy atom. The topological polar surface area (TPSA) is 52.6 Å². The van der Waals surface area contributed by atoms with Crippen LogP contribution in [0.3, 0.4) is 0 Å². The first-order valence-electron chi connectivity index (χ1n) is 7.46. The Morgan fingerprint density at radius 3 is 2.22 bits per heavy atom. The normalized spacial score (nSPS) is 11.6. The van der Waals surface area contributed by atoms with Gasteiger partial charge in [0, 0.05) is 5.92 Å². The van der Waals surface area contributed by atoms with Crippen LogP contribution >= 0.6 is 0 Å². The van der Waals surface area contributed by atoms with E-state index in [2.05, 4.69) is 4.74 Å². The van der Waals surface area contributed by atoms with Gasteiger partial charge < -0.3 is 14.3 Å². The summed E-state index contributed by atoms with van der Waals surface area (Å²) < 4.78 is 10.4. The summed E-state index contributed by atoms with van der Waals surface area (Å²) in [6, 6.07) is 14.8. The molecule has 0 aromatic heterocycles. The smallest absolute Gasteiger partial charge is 0.337 e. The molecule has 0 saturated heterocycles. The fraction of sp³-hybridized carbons (Fsp3) is 0.263. The molecule has 0 aliphatic carbocycles. The molecule has 2 aromatic carbocycles. The highest BCUT2D eigenvalue weighted by molar-refractivity contribution is 5.89. The third-order valence-corrected chi connectivity index (χ3v) is 3.49. The first kappa shape index (κ1) is 16.7. The van der Waals surface area contributed by atoms with Crippen molar-refractivity contribution in [2.24, 2.45) is 5.92 Å². The number of hydrogen-bond acceptors (Lipinski definition) is 4. The molecular weight excluding hydrogens is 292 g/mol. The minimum Gasteiger partial charge on any atom is -0.489 e. The van der Waals surface area contributed by atoms with Gasteiger partial charge in [0.1, 0.15) is 18.6 Å². The van der Waals surface area contributed by atoms with Crippen LogP contribution in [0, 0.1) is 5.92 Å². The van der Waals surface area contributed by atoms with Gasteiger partial charge in [-0.1, -0.05) is 31.2 Å². The first-order valence-corrected chi connectivity index (χ1v) is 7.46. The summed E-state index contributed by atoms with van der Waals surface area (Å²) >= 11 is 0. The van der Waals surface area contributed by atoms with Crippen molar-refractivity contribution in [1.82, 2.24) is 0 Å². The summed E-state index contributed by atoms with van der Waals surface area (Å²) in [4.78, 5) is 22.0. The number of ether oxygens (including phenoxy) is 2. The molecule has 1 atom stereocenters. The van der Waals surface area contributed by atoms with Crippen LogP contribution < -0.4 is 4.74 Å². The van der Waals surface area contributed by atoms with Crippen molar-refractivity contribution in [3.63, 3.8) is 0 Å². The van der Waals surface area contributed by atoms with E-state index >= 15 is 0 Å². The average molecular weight is 312 g/mol. The standard InChI is InChI=1S/C19H20O4/c1-14(12-20)11-15-5-9-18(10-6-15)23-13-16-3-7-17(8-4-16)19(21)22-2/h3-10,12,14H,11,13H2,1-2H3. The SMILES string of the molecule is COC(=O)c1ccc(COc2ccc(CC(C)C=O)cc2)cc1. The van der Waals surface area contributed by atoms with Gasteiger partial charge in [-0.15, -0.1) is 0 Å². The first-order chi connectivity index (χ1) is 11.1. The summed E-state index contributed by atoms with van der Waals surface area (Å²) in [5.41, 5.74) is 2.60. The van der Waals surface area contributed by atoms with Crippen LogP contribution in [-0.2, 0) is 22.6 Å². The molecule has 0 aliphatic heterocycles. The average Bonchev–Trinajstić information content (AvgIpc) is 2.60. The molecule has 0 bridgehead atoms. The minimum absolute atomic E-state index is 0.0232. The third kappa shape index (κ3) is 4.95. The van der Waals surface area contributed by atoms with Crippen molar-refractivity contribution < 1.29 is 19.1 Å². The van der Waals surface area contributed by atoms with Gasteiger partial charge in [-0.05, 0) is 41.8 Å². The van der Waals surface area contributed by atoms with E-state index in [9.17, 15) is 9.59 Å². The molecule has 4 nitrogen and oxygen atoms in total. The zero-order chi connectivity index (χ0) is 16.7. The number of benzene rings is 2. The summed E-state index contributed by atoms with van der Waals surface area (Å²) in [6.07, 6.45) is 1.70. The summed E-state index contributed by atoms with van der Waals surface area (Å²) in [5, 5.41) is 0. The van der Waals surface area contributed by atoms with Crippen LogP contribution in [0.15, 0.2) is 48.5 Å². The quantitative estimate of drug-likeness (QED) is 0.580. The Hall–Kier alpha value is -2.62. The number of rotatable bonds is 7. The number of methoxy groups -OCH3 is 1. The Bertz CT molecular complexity index is 644. The number of esters is 1. The highest BCUT2D eigenvalue weighted by atomic mass is 16.5. The van der Waals surface area contributed by atoms with E-state index < -0.39 is 0 Å². The van der Waals surface area contributed by atoms with Gasteiger partial charge in [-0.25, -0.2) is 4.79 Å². The Balaban J connectivity index is 1.90. The molecule has 0 N–H and O–H groups in total. The van der Waals surface area contributed by atoms with Crippen LogP contribution in [0.2, 0.25) is 0 Å². The van der Waals surface area contributed by atoms with Crippen molar-refractivity contribution in [3.05, 3.63) is 65.2 Å². The molecule has 0 radical (unpaired) electrons. The fourth-order valence-corrected chi connectivity index (χ4v) is 2.16. The van der Waals surface area contributed by atoms with Gasteiger partial charge in [-0.3, -0.25) is 0 Å². The zero-order valence-electron chi connectivity index (χ0n) is 13.3. The maximum Gasteiger partial charge on any atom is 0.337 e. The van der Waals surface area contributed by atoms with E-state index in [4.69, 9.17) is 4.74 Å².